The molecule has 9 heteroatoms. The highest BCUT2D eigenvalue weighted by molar-refractivity contribution is 14.0. The monoisotopic (exact) mass is 568 g/mol. The molecule has 1 aromatic rings. The predicted molar refractivity (Wildman–Crippen MR) is 137 cm³/mol. The molecule has 2 bridgehead atoms. The SMILES string of the molecule is CCNC(=NCc1ccc(OCC)c(OC)c1)NCCN1C(=O)C2C3C=CC(C3)C2C1=O.I. The third kappa shape index (κ3) is 5.12. The Morgan fingerprint density at radius 1 is 1.09 bits per heavy atom. The van der Waals surface area contributed by atoms with Crippen molar-refractivity contribution >= 4 is 41.8 Å². The van der Waals surface area contributed by atoms with Gasteiger partial charge < -0.3 is 20.1 Å². The summed E-state index contributed by atoms with van der Waals surface area (Å²) in [6.45, 7) is 6.47. The van der Waals surface area contributed by atoms with Crippen molar-refractivity contribution in [2.75, 3.05) is 33.4 Å². The summed E-state index contributed by atoms with van der Waals surface area (Å²) >= 11 is 0. The van der Waals surface area contributed by atoms with Crippen molar-refractivity contribution in [1.82, 2.24) is 15.5 Å². The second kappa shape index (κ2) is 11.2. The predicted octanol–water partition coefficient (Wildman–Crippen LogP) is 2.57. The summed E-state index contributed by atoms with van der Waals surface area (Å²) in [5.41, 5.74) is 0.989. The number of ether oxygens (including phenoxy) is 2. The first-order chi connectivity index (χ1) is 15.6. The molecule has 4 unspecified atom stereocenters. The minimum atomic E-state index is -0.144. The molecule has 0 spiro atoms. The van der Waals surface area contributed by atoms with E-state index >= 15 is 0 Å². The number of carbonyl (C=O) groups excluding carboxylic acids is 2. The number of carbonyl (C=O) groups is 2. The molecule has 180 valence electrons. The first-order valence-corrected chi connectivity index (χ1v) is 11.4. The molecular formula is C24H33IN4O4. The van der Waals surface area contributed by atoms with Crippen LogP contribution in [0.25, 0.3) is 0 Å². The Kier molecular flexibility index (Phi) is 8.61. The van der Waals surface area contributed by atoms with E-state index < -0.39 is 0 Å². The van der Waals surface area contributed by atoms with E-state index in [0.717, 1.165) is 12.0 Å². The average molecular weight is 568 g/mol. The number of benzene rings is 1. The van der Waals surface area contributed by atoms with Crippen LogP contribution < -0.4 is 20.1 Å². The van der Waals surface area contributed by atoms with Crippen LogP contribution >= 0.6 is 24.0 Å². The number of amides is 2. The number of fused-ring (bicyclic) bond motifs is 5. The van der Waals surface area contributed by atoms with Gasteiger partial charge in [0.25, 0.3) is 0 Å². The lowest BCUT2D eigenvalue weighted by Crippen LogP contribution is -2.43. The first kappa shape index (κ1) is 25.3. The number of aliphatic imine (C=N–C) groups is 1. The fourth-order valence-corrected chi connectivity index (χ4v) is 5.07. The van der Waals surface area contributed by atoms with Crippen LogP contribution in [-0.4, -0.2) is 56.0 Å². The molecule has 2 amide bonds. The lowest BCUT2D eigenvalue weighted by Gasteiger charge is -2.18. The summed E-state index contributed by atoms with van der Waals surface area (Å²) < 4.78 is 11.0. The van der Waals surface area contributed by atoms with Gasteiger partial charge in [0.15, 0.2) is 17.5 Å². The summed E-state index contributed by atoms with van der Waals surface area (Å²) in [7, 11) is 1.62. The van der Waals surface area contributed by atoms with E-state index in [1.165, 1.54) is 4.90 Å². The number of nitrogens with zero attached hydrogens (tertiary/aromatic N) is 2. The molecule has 1 heterocycles. The Labute approximate surface area is 212 Å². The molecule has 2 N–H and O–H groups in total. The van der Waals surface area contributed by atoms with Gasteiger partial charge in [-0.1, -0.05) is 18.2 Å². The molecule has 1 aliphatic heterocycles. The van der Waals surface area contributed by atoms with Gasteiger partial charge in [-0.25, -0.2) is 4.99 Å². The van der Waals surface area contributed by atoms with E-state index in [9.17, 15) is 9.59 Å². The standard InChI is InChI=1S/C24H32N4O4.HI/c1-4-25-24(27-14-15-6-9-18(32-5-2)19(12-15)31-3)26-10-11-28-22(29)20-16-7-8-17(13-16)21(20)23(28)30;/h6-9,12,16-17,20-21H,4-5,10-11,13-14H2,1-3H3,(H2,25,26,27);1H. The van der Waals surface area contributed by atoms with Gasteiger partial charge in [-0.05, 0) is 49.8 Å². The molecule has 8 nitrogen and oxygen atoms in total. The Morgan fingerprint density at radius 2 is 1.79 bits per heavy atom. The topological polar surface area (TPSA) is 92.3 Å². The van der Waals surface area contributed by atoms with Crippen LogP contribution in [0.1, 0.15) is 25.8 Å². The summed E-state index contributed by atoms with van der Waals surface area (Å²) in [6, 6.07) is 5.76. The lowest BCUT2D eigenvalue weighted by atomic mass is 9.85. The molecule has 1 saturated heterocycles. The largest absolute Gasteiger partial charge is 0.493 e. The summed E-state index contributed by atoms with van der Waals surface area (Å²) in [5, 5.41) is 6.45. The lowest BCUT2D eigenvalue weighted by molar-refractivity contribution is -0.140. The third-order valence-electron chi connectivity index (χ3n) is 6.48. The fourth-order valence-electron chi connectivity index (χ4n) is 5.07. The maximum absolute atomic E-state index is 12.8. The number of allylic oxidation sites excluding steroid dienone is 2. The molecule has 2 aliphatic carbocycles. The van der Waals surface area contributed by atoms with E-state index in [1.807, 2.05) is 32.0 Å². The van der Waals surface area contributed by atoms with E-state index in [1.54, 1.807) is 7.11 Å². The van der Waals surface area contributed by atoms with Gasteiger partial charge in [-0.2, -0.15) is 0 Å². The minimum Gasteiger partial charge on any atom is -0.493 e. The smallest absolute Gasteiger partial charge is 0.233 e. The zero-order chi connectivity index (χ0) is 22.7. The molecule has 0 aromatic heterocycles. The van der Waals surface area contributed by atoms with Crippen molar-refractivity contribution in [3.63, 3.8) is 0 Å². The van der Waals surface area contributed by atoms with Crippen molar-refractivity contribution in [2.24, 2.45) is 28.7 Å². The Balaban J connectivity index is 0.00000306. The van der Waals surface area contributed by atoms with Crippen LogP contribution in [-0.2, 0) is 16.1 Å². The zero-order valence-corrected chi connectivity index (χ0v) is 21.7. The summed E-state index contributed by atoms with van der Waals surface area (Å²) in [4.78, 5) is 31.7. The van der Waals surface area contributed by atoms with Gasteiger partial charge in [-0.3, -0.25) is 14.5 Å². The van der Waals surface area contributed by atoms with Crippen LogP contribution in [0.4, 0.5) is 0 Å². The highest BCUT2D eigenvalue weighted by Gasteiger charge is 2.58. The molecular weight excluding hydrogens is 535 g/mol. The van der Waals surface area contributed by atoms with Crippen LogP contribution in [0.15, 0.2) is 35.3 Å². The minimum absolute atomic E-state index is 0. The van der Waals surface area contributed by atoms with Crippen molar-refractivity contribution in [2.45, 2.75) is 26.8 Å². The number of halogens is 1. The molecule has 3 aliphatic rings. The highest BCUT2D eigenvalue weighted by atomic mass is 127. The van der Waals surface area contributed by atoms with Crippen molar-refractivity contribution < 1.29 is 19.1 Å². The third-order valence-corrected chi connectivity index (χ3v) is 6.48. The van der Waals surface area contributed by atoms with E-state index in [-0.39, 0.29) is 59.5 Å². The quantitative estimate of drug-likeness (QED) is 0.157. The molecule has 4 atom stereocenters. The average Bonchev–Trinajstić information content (AvgIpc) is 3.48. The maximum atomic E-state index is 12.8. The molecule has 1 aromatic carbocycles. The van der Waals surface area contributed by atoms with Gasteiger partial charge in [0.05, 0.1) is 32.1 Å². The number of hydrogen-bond donors (Lipinski definition) is 2. The Morgan fingerprint density at radius 3 is 2.39 bits per heavy atom. The molecule has 1 saturated carbocycles. The van der Waals surface area contributed by atoms with Crippen LogP contribution in [0, 0.1) is 23.7 Å². The number of imide groups is 1. The molecule has 0 radical (unpaired) electrons. The Bertz CT molecular complexity index is 905. The second-order valence-electron chi connectivity index (χ2n) is 8.37. The molecule has 2 fully saturated rings. The first-order valence-electron chi connectivity index (χ1n) is 11.4. The van der Waals surface area contributed by atoms with Gasteiger partial charge >= 0.3 is 0 Å². The number of guanidine groups is 1. The number of rotatable bonds is 9. The second-order valence-corrected chi connectivity index (χ2v) is 8.37. The van der Waals surface area contributed by atoms with Gasteiger partial charge in [0, 0.05) is 19.6 Å². The van der Waals surface area contributed by atoms with Crippen molar-refractivity contribution in [1.29, 1.82) is 0 Å². The fraction of sp³-hybridized carbons (Fsp3) is 0.542. The highest BCUT2D eigenvalue weighted by Crippen LogP contribution is 2.52. The van der Waals surface area contributed by atoms with Crippen molar-refractivity contribution in [3.8, 4) is 11.5 Å². The number of methoxy groups -OCH3 is 1. The zero-order valence-electron chi connectivity index (χ0n) is 19.4. The number of nitrogens with one attached hydrogen (secondary N) is 2. The van der Waals surface area contributed by atoms with E-state index in [2.05, 4.69) is 27.8 Å². The van der Waals surface area contributed by atoms with Crippen LogP contribution in [0.2, 0.25) is 0 Å². The van der Waals surface area contributed by atoms with Crippen LogP contribution in [0.3, 0.4) is 0 Å². The van der Waals surface area contributed by atoms with Gasteiger partial charge in [0.1, 0.15) is 0 Å². The van der Waals surface area contributed by atoms with Crippen molar-refractivity contribution in [3.05, 3.63) is 35.9 Å². The van der Waals surface area contributed by atoms with E-state index in [0.29, 0.717) is 50.2 Å². The van der Waals surface area contributed by atoms with E-state index in [4.69, 9.17) is 9.47 Å². The van der Waals surface area contributed by atoms with Gasteiger partial charge in [-0.15, -0.1) is 24.0 Å². The summed E-state index contributed by atoms with van der Waals surface area (Å²) in [6.07, 6.45) is 5.18. The number of likely N-dealkylation sites (tertiary alicyclic amines) is 1. The van der Waals surface area contributed by atoms with Crippen LogP contribution in [0.5, 0.6) is 11.5 Å². The maximum Gasteiger partial charge on any atom is 0.233 e. The number of hydrogen-bond acceptors (Lipinski definition) is 5. The normalized spacial score (nSPS) is 25.2. The Hall–Kier alpha value is -2.30. The summed E-state index contributed by atoms with van der Waals surface area (Å²) in [5.74, 6) is 2.20. The molecule has 33 heavy (non-hydrogen) atoms. The molecule has 4 rings (SSSR count). The van der Waals surface area contributed by atoms with Gasteiger partial charge in [0.2, 0.25) is 11.8 Å².